The maximum atomic E-state index is 13.4. The average molecular weight is 522 g/mol. The van der Waals surface area contributed by atoms with Crippen LogP contribution in [0.4, 0.5) is 13.2 Å². The Bertz CT molecular complexity index is 1230. The molecule has 0 saturated carbocycles. The lowest BCUT2D eigenvalue weighted by Crippen LogP contribution is -2.12. The third-order valence-corrected chi connectivity index (χ3v) is 6.74. The molecule has 1 heterocycles. The zero-order valence-corrected chi connectivity index (χ0v) is 21.3. The molecule has 194 valence electrons. The number of fused-ring (bicyclic) bond motifs is 1. The smallest absolute Gasteiger partial charge is 0.416 e. The third kappa shape index (κ3) is 7.12. The van der Waals surface area contributed by atoms with Crippen LogP contribution in [0.1, 0.15) is 72.6 Å². The minimum Gasteiger partial charge on any atom is -0.481 e. The fourth-order valence-electron chi connectivity index (χ4n) is 4.73. The second kappa shape index (κ2) is 12.0. The van der Waals surface area contributed by atoms with Crippen molar-refractivity contribution in [1.29, 1.82) is 0 Å². The Balaban J connectivity index is 1.77. The van der Waals surface area contributed by atoms with Gasteiger partial charge in [0.2, 0.25) is 0 Å². The first-order chi connectivity index (χ1) is 17.0. The van der Waals surface area contributed by atoms with E-state index in [0.717, 1.165) is 44.2 Å². The van der Waals surface area contributed by atoms with Gasteiger partial charge in [-0.2, -0.15) is 13.2 Å². The summed E-state index contributed by atoms with van der Waals surface area (Å²) >= 11 is 6.03. The molecule has 0 radical (unpaired) electrons. The summed E-state index contributed by atoms with van der Waals surface area (Å²) in [6.45, 7) is 1.66. The van der Waals surface area contributed by atoms with Crippen LogP contribution in [0.25, 0.3) is 10.9 Å². The standard InChI is InChI=1S/C28H31ClF3NO3/c1-18(15-26(35)36)14-25(34)27-22-17-20(28(30,31)32)12-13-23(22)33(2)24(27)11-6-4-3-5-8-19-9-7-10-21(29)16-19/h7,9-10,12-13,16-18H,3-6,8,11,14-15H2,1-2H3,(H,35,36). The van der Waals surface area contributed by atoms with E-state index in [1.54, 1.807) is 18.5 Å². The van der Waals surface area contributed by atoms with E-state index in [4.69, 9.17) is 16.7 Å². The molecule has 0 aliphatic carbocycles. The summed E-state index contributed by atoms with van der Waals surface area (Å²) in [5.41, 5.74) is 1.93. The van der Waals surface area contributed by atoms with Gasteiger partial charge < -0.3 is 9.67 Å². The number of aliphatic carboxylic acids is 1. The fourth-order valence-corrected chi connectivity index (χ4v) is 4.95. The Labute approximate surface area is 214 Å². The number of carbonyl (C=O) groups excluding carboxylic acids is 1. The van der Waals surface area contributed by atoms with Gasteiger partial charge in [0.25, 0.3) is 0 Å². The predicted octanol–water partition coefficient (Wildman–Crippen LogP) is 7.88. The lowest BCUT2D eigenvalue weighted by atomic mass is 9.93. The monoisotopic (exact) mass is 521 g/mol. The van der Waals surface area contributed by atoms with Gasteiger partial charge in [0, 0.05) is 47.1 Å². The molecule has 1 unspecified atom stereocenters. The van der Waals surface area contributed by atoms with Gasteiger partial charge in [-0.3, -0.25) is 9.59 Å². The summed E-state index contributed by atoms with van der Waals surface area (Å²) in [5.74, 6) is -1.74. The van der Waals surface area contributed by atoms with Crippen LogP contribution in [0.3, 0.4) is 0 Å². The molecule has 1 atom stereocenters. The number of carboxylic acid groups (broad SMARTS) is 1. The van der Waals surface area contributed by atoms with Crippen LogP contribution < -0.4 is 0 Å². The third-order valence-electron chi connectivity index (χ3n) is 6.50. The molecule has 0 aliphatic rings. The minimum atomic E-state index is -4.52. The number of ketones is 1. The number of nitrogens with zero attached hydrogens (tertiary/aromatic N) is 1. The molecule has 0 bridgehead atoms. The van der Waals surface area contributed by atoms with Crippen molar-refractivity contribution in [3.63, 3.8) is 0 Å². The van der Waals surface area contributed by atoms with Gasteiger partial charge in [0.05, 0.1) is 5.56 Å². The number of halogens is 4. The summed E-state index contributed by atoms with van der Waals surface area (Å²) in [6.07, 6.45) is 0.412. The molecule has 3 aromatic rings. The molecule has 0 aliphatic heterocycles. The summed E-state index contributed by atoms with van der Waals surface area (Å²) in [5, 5.41) is 10.0. The van der Waals surface area contributed by atoms with Crippen LogP contribution in [-0.4, -0.2) is 21.4 Å². The van der Waals surface area contributed by atoms with Crippen LogP contribution in [0.5, 0.6) is 0 Å². The highest BCUT2D eigenvalue weighted by Gasteiger charge is 2.32. The van der Waals surface area contributed by atoms with Crippen molar-refractivity contribution < 1.29 is 27.9 Å². The fraction of sp³-hybridized carbons (Fsp3) is 0.429. The van der Waals surface area contributed by atoms with E-state index in [2.05, 4.69) is 0 Å². The van der Waals surface area contributed by atoms with Crippen LogP contribution in [-0.2, 0) is 30.9 Å². The molecule has 36 heavy (non-hydrogen) atoms. The lowest BCUT2D eigenvalue weighted by molar-refractivity contribution is -0.138. The Morgan fingerprint density at radius 1 is 1.00 bits per heavy atom. The summed E-state index contributed by atoms with van der Waals surface area (Å²) in [7, 11) is 1.77. The Morgan fingerprint density at radius 3 is 2.33 bits per heavy atom. The van der Waals surface area contributed by atoms with E-state index < -0.39 is 23.6 Å². The van der Waals surface area contributed by atoms with Crippen molar-refractivity contribution in [2.45, 2.75) is 64.5 Å². The van der Waals surface area contributed by atoms with Crippen molar-refractivity contribution >= 4 is 34.3 Å². The highest BCUT2D eigenvalue weighted by Crippen LogP contribution is 2.35. The maximum Gasteiger partial charge on any atom is 0.416 e. The van der Waals surface area contributed by atoms with Gasteiger partial charge in [-0.25, -0.2) is 0 Å². The molecule has 0 fully saturated rings. The Morgan fingerprint density at radius 2 is 1.69 bits per heavy atom. The van der Waals surface area contributed by atoms with Crippen molar-refractivity contribution in [3.05, 3.63) is 69.9 Å². The van der Waals surface area contributed by atoms with E-state index in [0.29, 0.717) is 22.7 Å². The zero-order chi connectivity index (χ0) is 26.5. The van der Waals surface area contributed by atoms with E-state index >= 15 is 0 Å². The minimum absolute atomic E-state index is 0.0334. The largest absolute Gasteiger partial charge is 0.481 e. The lowest BCUT2D eigenvalue weighted by Gasteiger charge is -2.11. The quantitative estimate of drug-likeness (QED) is 0.195. The van der Waals surface area contributed by atoms with Crippen molar-refractivity contribution in [2.75, 3.05) is 0 Å². The molecule has 1 aromatic heterocycles. The number of hydrogen-bond donors (Lipinski definition) is 1. The summed E-state index contributed by atoms with van der Waals surface area (Å²) in [6, 6.07) is 11.2. The summed E-state index contributed by atoms with van der Waals surface area (Å²) < 4.78 is 42.0. The number of carbonyl (C=O) groups is 2. The molecule has 0 spiro atoms. The van der Waals surface area contributed by atoms with E-state index in [1.165, 1.54) is 11.6 Å². The van der Waals surface area contributed by atoms with E-state index in [9.17, 15) is 22.8 Å². The molecule has 0 saturated heterocycles. The number of alkyl halides is 3. The number of benzene rings is 2. The van der Waals surface area contributed by atoms with Crippen LogP contribution in [0.15, 0.2) is 42.5 Å². The molecule has 2 aromatic carbocycles. The Kier molecular flexibility index (Phi) is 9.23. The maximum absolute atomic E-state index is 13.4. The van der Waals surface area contributed by atoms with Gasteiger partial charge in [-0.1, -0.05) is 43.5 Å². The highest BCUT2D eigenvalue weighted by atomic mass is 35.5. The number of Topliss-reactive ketones (excluding diaryl/α,β-unsaturated/α-hetero) is 1. The average Bonchev–Trinajstić information content (AvgIpc) is 3.06. The number of aromatic nitrogens is 1. The summed E-state index contributed by atoms with van der Waals surface area (Å²) in [4.78, 5) is 24.3. The normalized spacial score (nSPS) is 12.7. The molecule has 8 heteroatoms. The molecular formula is C28H31ClF3NO3. The van der Waals surface area contributed by atoms with Crippen molar-refractivity contribution in [1.82, 2.24) is 4.57 Å². The van der Waals surface area contributed by atoms with E-state index in [1.807, 2.05) is 24.3 Å². The van der Waals surface area contributed by atoms with Gasteiger partial charge in [0.1, 0.15) is 0 Å². The van der Waals surface area contributed by atoms with Crippen LogP contribution in [0, 0.1) is 5.92 Å². The SMILES string of the molecule is CC(CC(=O)O)CC(=O)c1c(CCCCCCc2cccc(Cl)c2)n(C)c2ccc(C(F)(F)F)cc12. The van der Waals surface area contributed by atoms with Gasteiger partial charge in [-0.05, 0) is 67.5 Å². The predicted molar refractivity (Wildman–Crippen MR) is 136 cm³/mol. The number of rotatable bonds is 12. The topological polar surface area (TPSA) is 59.3 Å². The zero-order valence-electron chi connectivity index (χ0n) is 20.5. The Hall–Kier alpha value is -2.80. The number of unbranched alkanes of at least 4 members (excludes halogenated alkanes) is 3. The second-order valence-electron chi connectivity index (χ2n) is 9.48. The van der Waals surface area contributed by atoms with Crippen molar-refractivity contribution in [2.24, 2.45) is 13.0 Å². The number of aryl methyl sites for hydroxylation is 2. The number of carboxylic acids is 1. The van der Waals surface area contributed by atoms with Gasteiger partial charge in [0.15, 0.2) is 5.78 Å². The van der Waals surface area contributed by atoms with Crippen molar-refractivity contribution in [3.8, 4) is 0 Å². The molecule has 0 amide bonds. The second-order valence-corrected chi connectivity index (χ2v) is 9.92. The van der Waals surface area contributed by atoms with Crippen LogP contribution in [0.2, 0.25) is 5.02 Å². The molecule has 3 rings (SSSR count). The first kappa shape index (κ1) is 27.8. The number of hydrogen-bond acceptors (Lipinski definition) is 2. The molecule has 4 nitrogen and oxygen atoms in total. The van der Waals surface area contributed by atoms with E-state index in [-0.39, 0.29) is 29.6 Å². The first-order valence-electron chi connectivity index (χ1n) is 12.1. The first-order valence-corrected chi connectivity index (χ1v) is 12.5. The van der Waals surface area contributed by atoms with Crippen LogP contribution >= 0.6 is 11.6 Å². The highest BCUT2D eigenvalue weighted by molar-refractivity contribution is 6.30. The molecular weight excluding hydrogens is 491 g/mol. The molecule has 1 N–H and O–H groups in total. The van der Waals surface area contributed by atoms with Gasteiger partial charge in [-0.15, -0.1) is 0 Å². The van der Waals surface area contributed by atoms with Gasteiger partial charge >= 0.3 is 12.1 Å².